The summed E-state index contributed by atoms with van der Waals surface area (Å²) in [5, 5.41) is 17.6. The molecule has 0 saturated carbocycles. The number of piperidine rings is 1. The van der Waals surface area contributed by atoms with Gasteiger partial charge >= 0.3 is 11.8 Å². The maximum Gasteiger partial charge on any atom is 0.315 e. The molecular weight excluding hydrogens is 388 g/mol. The Bertz CT molecular complexity index is 875. The SMILES string of the molecule is O=C(Nc1c2c(nn1-c1ccc(Cl)cc1)CSC2)C(=O)N1CCC(O)CC1. The largest absolute Gasteiger partial charge is 0.393 e. The van der Waals surface area contributed by atoms with Crippen LogP contribution in [0, 0.1) is 0 Å². The Morgan fingerprint density at radius 2 is 1.89 bits per heavy atom. The summed E-state index contributed by atoms with van der Waals surface area (Å²) in [6.45, 7) is 0.773. The zero-order chi connectivity index (χ0) is 19.0. The Morgan fingerprint density at radius 3 is 2.59 bits per heavy atom. The van der Waals surface area contributed by atoms with E-state index in [1.165, 1.54) is 4.90 Å². The summed E-state index contributed by atoms with van der Waals surface area (Å²) in [6, 6.07) is 7.16. The van der Waals surface area contributed by atoms with Gasteiger partial charge in [-0.1, -0.05) is 11.6 Å². The van der Waals surface area contributed by atoms with Crippen molar-refractivity contribution >= 4 is 41.0 Å². The highest BCUT2D eigenvalue weighted by Gasteiger charge is 2.30. The predicted octanol–water partition coefficient (Wildman–Crippen LogP) is 2.19. The lowest BCUT2D eigenvalue weighted by atomic mass is 10.1. The van der Waals surface area contributed by atoms with Crippen LogP contribution in [0.4, 0.5) is 5.82 Å². The zero-order valence-corrected chi connectivity index (χ0v) is 16.1. The number of likely N-dealkylation sites (tertiary alicyclic amines) is 1. The number of halogens is 1. The molecule has 0 aliphatic carbocycles. The summed E-state index contributed by atoms with van der Waals surface area (Å²) < 4.78 is 1.66. The zero-order valence-electron chi connectivity index (χ0n) is 14.5. The molecule has 0 unspecified atom stereocenters. The highest BCUT2D eigenvalue weighted by atomic mass is 35.5. The normalized spacial score (nSPS) is 17.0. The number of hydrogen-bond donors (Lipinski definition) is 2. The van der Waals surface area contributed by atoms with Gasteiger partial charge in [-0.15, -0.1) is 0 Å². The molecule has 27 heavy (non-hydrogen) atoms. The van der Waals surface area contributed by atoms with E-state index in [2.05, 4.69) is 10.4 Å². The number of benzene rings is 1. The van der Waals surface area contributed by atoms with Crippen LogP contribution in [0.25, 0.3) is 5.69 Å². The summed E-state index contributed by atoms with van der Waals surface area (Å²) in [7, 11) is 0. The number of carbonyl (C=O) groups excluding carboxylic acids is 2. The van der Waals surface area contributed by atoms with Gasteiger partial charge in [0.25, 0.3) is 0 Å². The number of aliphatic hydroxyl groups excluding tert-OH is 1. The fourth-order valence-electron chi connectivity index (χ4n) is 3.28. The molecule has 1 aromatic carbocycles. The summed E-state index contributed by atoms with van der Waals surface area (Å²) in [6.07, 6.45) is 0.588. The first-order valence-electron chi connectivity index (χ1n) is 8.75. The van der Waals surface area contributed by atoms with Crippen LogP contribution in [0.1, 0.15) is 24.1 Å². The molecule has 9 heteroatoms. The topological polar surface area (TPSA) is 87.5 Å². The first-order valence-corrected chi connectivity index (χ1v) is 10.3. The van der Waals surface area contributed by atoms with E-state index in [4.69, 9.17) is 11.6 Å². The molecule has 2 N–H and O–H groups in total. The van der Waals surface area contributed by atoms with Gasteiger partial charge < -0.3 is 15.3 Å². The molecule has 142 valence electrons. The van der Waals surface area contributed by atoms with Gasteiger partial charge in [-0.05, 0) is 37.1 Å². The Labute approximate surface area is 165 Å². The van der Waals surface area contributed by atoms with Crippen molar-refractivity contribution < 1.29 is 14.7 Å². The van der Waals surface area contributed by atoms with Crippen LogP contribution in [-0.4, -0.2) is 50.8 Å². The molecule has 1 saturated heterocycles. The molecule has 0 spiro atoms. The van der Waals surface area contributed by atoms with Crippen molar-refractivity contribution in [1.82, 2.24) is 14.7 Å². The molecule has 4 rings (SSSR count). The van der Waals surface area contributed by atoms with Gasteiger partial charge in [-0.3, -0.25) is 9.59 Å². The molecule has 2 aliphatic rings. The van der Waals surface area contributed by atoms with Gasteiger partial charge in [0.15, 0.2) is 0 Å². The minimum Gasteiger partial charge on any atom is -0.393 e. The minimum atomic E-state index is -0.679. The van der Waals surface area contributed by atoms with Crippen LogP contribution in [-0.2, 0) is 21.1 Å². The van der Waals surface area contributed by atoms with Gasteiger partial charge in [0, 0.05) is 35.2 Å². The van der Waals surface area contributed by atoms with Crippen molar-refractivity contribution in [2.45, 2.75) is 30.5 Å². The van der Waals surface area contributed by atoms with Gasteiger partial charge in [0.05, 0.1) is 17.5 Å². The summed E-state index contributed by atoms with van der Waals surface area (Å²) >= 11 is 7.69. The lowest BCUT2D eigenvalue weighted by molar-refractivity contribution is -0.144. The third-order valence-corrected chi connectivity index (χ3v) is 6.02. The highest BCUT2D eigenvalue weighted by Crippen LogP contribution is 2.36. The van der Waals surface area contributed by atoms with Crippen molar-refractivity contribution in [3.63, 3.8) is 0 Å². The number of hydrogen-bond acceptors (Lipinski definition) is 5. The van der Waals surface area contributed by atoms with E-state index in [1.54, 1.807) is 28.6 Å². The summed E-state index contributed by atoms with van der Waals surface area (Å²) in [5.41, 5.74) is 2.63. The van der Waals surface area contributed by atoms with Crippen LogP contribution in [0.15, 0.2) is 24.3 Å². The van der Waals surface area contributed by atoms with Crippen LogP contribution < -0.4 is 5.32 Å². The van der Waals surface area contributed by atoms with Crippen molar-refractivity contribution in [1.29, 1.82) is 0 Å². The number of rotatable bonds is 2. The molecule has 7 nitrogen and oxygen atoms in total. The van der Waals surface area contributed by atoms with Crippen molar-refractivity contribution in [3.8, 4) is 5.69 Å². The molecule has 1 aromatic heterocycles. The van der Waals surface area contributed by atoms with E-state index in [-0.39, 0.29) is 0 Å². The van der Waals surface area contributed by atoms with Crippen LogP contribution in [0.3, 0.4) is 0 Å². The van der Waals surface area contributed by atoms with E-state index in [0.717, 1.165) is 28.5 Å². The molecular formula is C18H19ClN4O3S. The van der Waals surface area contributed by atoms with Gasteiger partial charge in [-0.25, -0.2) is 4.68 Å². The third-order valence-electron chi connectivity index (χ3n) is 4.80. The predicted molar refractivity (Wildman–Crippen MR) is 104 cm³/mol. The second kappa shape index (κ2) is 7.53. The van der Waals surface area contributed by atoms with Crippen LogP contribution in [0.2, 0.25) is 5.02 Å². The van der Waals surface area contributed by atoms with Crippen molar-refractivity contribution in [2.75, 3.05) is 18.4 Å². The maximum atomic E-state index is 12.6. The number of amides is 2. The average molecular weight is 407 g/mol. The molecule has 0 radical (unpaired) electrons. The molecule has 0 bridgehead atoms. The Hall–Kier alpha value is -2.03. The second-order valence-electron chi connectivity index (χ2n) is 6.63. The smallest absolute Gasteiger partial charge is 0.315 e. The Kier molecular flexibility index (Phi) is 5.12. The molecule has 0 atom stereocenters. The Balaban J connectivity index is 1.58. The first kappa shape index (κ1) is 18.3. The monoisotopic (exact) mass is 406 g/mol. The van der Waals surface area contributed by atoms with Gasteiger partial charge in [0.2, 0.25) is 0 Å². The number of nitrogens with one attached hydrogen (secondary N) is 1. The number of nitrogens with zero attached hydrogens (tertiary/aromatic N) is 3. The molecule has 2 aromatic rings. The van der Waals surface area contributed by atoms with E-state index >= 15 is 0 Å². The number of fused-ring (bicyclic) bond motifs is 1. The Morgan fingerprint density at radius 1 is 1.19 bits per heavy atom. The number of anilines is 1. The lowest BCUT2D eigenvalue weighted by Crippen LogP contribution is -2.45. The second-order valence-corrected chi connectivity index (χ2v) is 8.05. The fourth-order valence-corrected chi connectivity index (χ4v) is 4.44. The summed E-state index contributed by atoms with van der Waals surface area (Å²) in [4.78, 5) is 26.6. The van der Waals surface area contributed by atoms with E-state index < -0.39 is 17.9 Å². The molecule has 2 amide bonds. The standard InChI is InChI=1S/C18H19ClN4O3S/c19-11-1-3-12(4-2-11)23-16(14-9-27-10-15(14)21-23)20-17(25)18(26)22-7-5-13(24)6-8-22/h1-4,13,24H,5-10H2,(H,20,25). The van der Waals surface area contributed by atoms with E-state index in [0.29, 0.717) is 36.8 Å². The molecule has 2 aliphatic heterocycles. The number of thioether (sulfide) groups is 1. The number of aromatic nitrogens is 2. The van der Waals surface area contributed by atoms with E-state index in [9.17, 15) is 14.7 Å². The number of carbonyl (C=O) groups is 2. The van der Waals surface area contributed by atoms with Gasteiger partial charge in [-0.2, -0.15) is 16.9 Å². The van der Waals surface area contributed by atoms with E-state index in [1.807, 2.05) is 12.1 Å². The molecule has 1 fully saturated rings. The fraction of sp³-hybridized carbons (Fsp3) is 0.389. The third kappa shape index (κ3) is 3.69. The van der Waals surface area contributed by atoms with Crippen molar-refractivity contribution in [2.24, 2.45) is 0 Å². The average Bonchev–Trinajstić information content (AvgIpc) is 3.25. The minimum absolute atomic E-state index is 0.387. The van der Waals surface area contributed by atoms with Crippen LogP contribution in [0.5, 0.6) is 0 Å². The van der Waals surface area contributed by atoms with Gasteiger partial charge in [0.1, 0.15) is 5.82 Å². The summed E-state index contributed by atoms with van der Waals surface area (Å²) in [5.74, 6) is 0.790. The van der Waals surface area contributed by atoms with Crippen LogP contribution >= 0.6 is 23.4 Å². The highest BCUT2D eigenvalue weighted by molar-refractivity contribution is 7.98. The molecule has 3 heterocycles. The maximum absolute atomic E-state index is 12.6. The lowest BCUT2D eigenvalue weighted by Gasteiger charge is -2.29. The van der Waals surface area contributed by atoms with Crippen molar-refractivity contribution in [3.05, 3.63) is 40.5 Å². The number of aliphatic hydroxyl groups is 1. The quantitative estimate of drug-likeness (QED) is 0.746. The first-order chi connectivity index (χ1) is 13.0.